The van der Waals surface area contributed by atoms with Crippen molar-refractivity contribution in [3.8, 4) is 5.75 Å². The average molecular weight is 634 g/mol. The van der Waals surface area contributed by atoms with Gasteiger partial charge < -0.3 is 20.5 Å². The van der Waals surface area contributed by atoms with Gasteiger partial charge in [-0.1, -0.05) is 18.5 Å². The topological polar surface area (TPSA) is 134 Å². The monoisotopic (exact) mass is 633 g/mol. The van der Waals surface area contributed by atoms with Crippen LogP contribution in [0.1, 0.15) is 70.9 Å². The van der Waals surface area contributed by atoms with Crippen molar-refractivity contribution in [2.75, 3.05) is 36.9 Å². The van der Waals surface area contributed by atoms with Gasteiger partial charge in [-0.05, 0) is 96.1 Å². The van der Waals surface area contributed by atoms with Gasteiger partial charge in [0.1, 0.15) is 10.8 Å². The third-order valence-electron chi connectivity index (χ3n) is 7.94. The molecular formula is C30H44ClN7O4S. The van der Waals surface area contributed by atoms with E-state index in [4.69, 9.17) is 16.3 Å². The summed E-state index contributed by atoms with van der Waals surface area (Å²) in [7, 11) is -2.00. The molecule has 0 saturated carbocycles. The van der Waals surface area contributed by atoms with E-state index >= 15 is 0 Å². The van der Waals surface area contributed by atoms with E-state index in [1.54, 1.807) is 27.1 Å². The summed E-state index contributed by atoms with van der Waals surface area (Å²) in [6, 6.07) is 4.18. The van der Waals surface area contributed by atoms with Gasteiger partial charge in [-0.3, -0.25) is 9.58 Å². The lowest BCUT2D eigenvalue weighted by atomic mass is 9.85. The Morgan fingerprint density at radius 3 is 2.51 bits per heavy atom. The Morgan fingerprint density at radius 1 is 1.19 bits per heavy atom. The maximum Gasteiger partial charge on any atom is 0.229 e. The predicted molar refractivity (Wildman–Crippen MR) is 171 cm³/mol. The molecule has 3 heterocycles. The lowest BCUT2D eigenvalue weighted by molar-refractivity contribution is 0.0378. The number of anilines is 4. The smallest absolute Gasteiger partial charge is 0.229 e. The molecule has 2 aromatic heterocycles. The Bertz CT molecular complexity index is 1530. The number of hydrogen-bond donors (Lipinski definition) is 3. The normalized spacial score (nSPS) is 15.2. The first-order valence-corrected chi connectivity index (χ1v) is 16.7. The van der Waals surface area contributed by atoms with Crippen LogP contribution in [0.25, 0.3) is 0 Å². The van der Waals surface area contributed by atoms with E-state index in [-0.39, 0.29) is 39.6 Å². The zero-order valence-corrected chi connectivity index (χ0v) is 27.7. The molecule has 1 aliphatic rings. The highest BCUT2D eigenvalue weighted by atomic mass is 35.5. The Balaban J connectivity index is 1.60. The molecule has 3 aromatic rings. The van der Waals surface area contributed by atoms with Gasteiger partial charge >= 0.3 is 0 Å². The molecule has 236 valence electrons. The van der Waals surface area contributed by atoms with Gasteiger partial charge in [0.05, 0.1) is 36.0 Å². The van der Waals surface area contributed by atoms with Crippen molar-refractivity contribution in [1.82, 2.24) is 24.6 Å². The van der Waals surface area contributed by atoms with Crippen LogP contribution in [0.15, 0.2) is 29.6 Å². The van der Waals surface area contributed by atoms with Crippen molar-refractivity contribution in [2.45, 2.75) is 82.5 Å². The van der Waals surface area contributed by atoms with Crippen molar-refractivity contribution in [3.63, 3.8) is 0 Å². The highest BCUT2D eigenvalue weighted by Gasteiger charge is 2.31. The van der Waals surface area contributed by atoms with Crippen molar-refractivity contribution in [3.05, 3.63) is 40.7 Å². The third-order valence-corrected chi connectivity index (χ3v) is 10.3. The number of ether oxygens (including phenoxy) is 1. The molecule has 0 bridgehead atoms. The lowest BCUT2D eigenvalue weighted by Crippen LogP contribution is -2.50. The molecular weight excluding hydrogens is 590 g/mol. The Kier molecular flexibility index (Phi) is 10.3. The van der Waals surface area contributed by atoms with Gasteiger partial charge in [-0.25, -0.2) is 13.4 Å². The first-order valence-electron chi connectivity index (χ1n) is 14.7. The number of aliphatic hydroxyl groups excluding tert-OH is 1. The molecule has 13 heteroatoms. The van der Waals surface area contributed by atoms with Crippen LogP contribution in [0.3, 0.4) is 0 Å². The lowest BCUT2D eigenvalue weighted by Gasteiger charge is -2.42. The number of halogens is 1. The molecule has 3 N–H and O–H groups in total. The summed E-state index contributed by atoms with van der Waals surface area (Å²) in [5, 5.41) is 19.8. The van der Waals surface area contributed by atoms with Crippen LogP contribution in [-0.2, 0) is 16.9 Å². The number of sulfone groups is 1. The third kappa shape index (κ3) is 7.42. The van der Waals surface area contributed by atoms with E-state index in [0.717, 1.165) is 43.6 Å². The molecule has 0 unspecified atom stereocenters. The number of aromatic nitrogens is 4. The standard InChI is InChI=1S/C30H44ClN7O4S/c1-8-13-42-26-15-22(21-9-11-38(12-10-21)30(5,6)18-39)20(4)14-24(26)34-29-32-16-23(31)27(35-29)33-25-17-37(7)36-28(25)43(40,41)19(2)3/h14-17,19,21,39H,8-13,18H2,1-7H3,(H2,32,33,34,35). The fraction of sp³-hybridized carbons (Fsp3) is 0.567. The zero-order chi connectivity index (χ0) is 31.5. The van der Waals surface area contributed by atoms with Gasteiger partial charge in [0, 0.05) is 18.8 Å². The van der Waals surface area contributed by atoms with E-state index in [9.17, 15) is 13.5 Å². The number of rotatable bonds is 12. The second-order valence-electron chi connectivity index (χ2n) is 12.0. The number of likely N-dealkylation sites (tertiary alicyclic amines) is 1. The molecule has 1 saturated heterocycles. The Morgan fingerprint density at radius 2 is 1.88 bits per heavy atom. The molecule has 1 aliphatic heterocycles. The van der Waals surface area contributed by atoms with E-state index < -0.39 is 15.1 Å². The van der Waals surface area contributed by atoms with Crippen molar-refractivity contribution in [2.24, 2.45) is 7.05 Å². The Labute approximate surface area is 259 Å². The highest BCUT2D eigenvalue weighted by molar-refractivity contribution is 7.92. The molecule has 0 amide bonds. The minimum Gasteiger partial charge on any atom is -0.491 e. The highest BCUT2D eigenvalue weighted by Crippen LogP contribution is 2.39. The summed E-state index contributed by atoms with van der Waals surface area (Å²) in [5.41, 5.74) is 3.18. The first kappa shape index (κ1) is 33.0. The molecule has 43 heavy (non-hydrogen) atoms. The second-order valence-corrected chi connectivity index (χ2v) is 14.9. The molecule has 0 aliphatic carbocycles. The summed E-state index contributed by atoms with van der Waals surface area (Å²) >= 11 is 6.43. The summed E-state index contributed by atoms with van der Waals surface area (Å²) in [5.74, 6) is 1.62. The van der Waals surface area contributed by atoms with Gasteiger partial charge in [0.15, 0.2) is 5.82 Å². The fourth-order valence-corrected chi connectivity index (χ4v) is 6.46. The predicted octanol–water partition coefficient (Wildman–Crippen LogP) is 5.58. The zero-order valence-electron chi connectivity index (χ0n) is 26.1. The second kappa shape index (κ2) is 13.4. The summed E-state index contributed by atoms with van der Waals surface area (Å²) in [4.78, 5) is 11.3. The maximum absolute atomic E-state index is 12.9. The van der Waals surface area contributed by atoms with Crippen LogP contribution in [0.2, 0.25) is 5.02 Å². The van der Waals surface area contributed by atoms with E-state index in [0.29, 0.717) is 18.3 Å². The van der Waals surface area contributed by atoms with Crippen molar-refractivity contribution < 1.29 is 18.3 Å². The summed E-state index contributed by atoms with van der Waals surface area (Å²) in [6.07, 6.45) is 5.90. The largest absolute Gasteiger partial charge is 0.491 e. The number of hydrogen-bond acceptors (Lipinski definition) is 10. The molecule has 0 atom stereocenters. The summed E-state index contributed by atoms with van der Waals surface area (Å²) in [6.45, 7) is 14.1. The summed E-state index contributed by atoms with van der Waals surface area (Å²) < 4.78 is 33.4. The first-order chi connectivity index (χ1) is 20.3. The van der Waals surface area contributed by atoms with Gasteiger partial charge in [0.2, 0.25) is 20.8 Å². The van der Waals surface area contributed by atoms with Crippen LogP contribution in [-0.4, -0.2) is 75.3 Å². The van der Waals surface area contributed by atoms with Crippen molar-refractivity contribution >= 4 is 44.6 Å². The van der Waals surface area contributed by atoms with Crippen LogP contribution >= 0.6 is 11.6 Å². The van der Waals surface area contributed by atoms with Crippen molar-refractivity contribution in [1.29, 1.82) is 0 Å². The number of benzene rings is 1. The number of nitrogens with zero attached hydrogens (tertiary/aromatic N) is 5. The fourth-order valence-electron chi connectivity index (χ4n) is 5.22. The van der Waals surface area contributed by atoms with Crippen LogP contribution < -0.4 is 15.4 Å². The number of piperidine rings is 1. The molecule has 1 fully saturated rings. The Hall–Kier alpha value is -2.93. The van der Waals surface area contributed by atoms with Crippen LogP contribution in [0, 0.1) is 6.92 Å². The number of nitrogens with one attached hydrogen (secondary N) is 2. The van der Waals surface area contributed by atoms with Gasteiger partial charge in [0.25, 0.3) is 0 Å². The van der Waals surface area contributed by atoms with Crippen LogP contribution in [0.5, 0.6) is 5.75 Å². The molecule has 4 rings (SSSR count). The molecule has 1 aromatic carbocycles. The maximum atomic E-state index is 12.9. The minimum absolute atomic E-state index is 0.0681. The van der Waals surface area contributed by atoms with Gasteiger partial charge in [-0.2, -0.15) is 10.1 Å². The van der Waals surface area contributed by atoms with Gasteiger partial charge in [-0.15, -0.1) is 0 Å². The molecule has 0 spiro atoms. The minimum atomic E-state index is -3.65. The van der Waals surface area contributed by atoms with E-state index in [2.05, 4.69) is 70.4 Å². The number of aliphatic hydroxyl groups is 1. The molecule has 11 nitrogen and oxygen atoms in total. The quantitative estimate of drug-likeness (QED) is 0.232. The molecule has 0 radical (unpaired) electrons. The number of aryl methyl sites for hydroxylation is 2. The SMILES string of the molecule is CCCOc1cc(C2CCN(C(C)(C)CO)CC2)c(C)cc1Nc1ncc(Cl)c(Nc2cn(C)nc2S(=O)(=O)C(C)C)n1. The van der Waals surface area contributed by atoms with E-state index in [1.165, 1.54) is 16.4 Å². The van der Waals surface area contributed by atoms with E-state index in [1.807, 2.05) is 0 Å². The van der Waals surface area contributed by atoms with Crippen LogP contribution in [0.4, 0.5) is 23.1 Å². The average Bonchev–Trinajstić information content (AvgIpc) is 3.35.